The summed E-state index contributed by atoms with van der Waals surface area (Å²) in [6.45, 7) is 2.77. The van der Waals surface area contributed by atoms with E-state index >= 15 is 0 Å². The number of carbonyl (C=O) groups excluding carboxylic acids is 1. The van der Waals surface area contributed by atoms with E-state index in [0.29, 0.717) is 23.6 Å². The van der Waals surface area contributed by atoms with Crippen molar-refractivity contribution in [2.75, 3.05) is 11.9 Å². The molecule has 1 aliphatic heterocycles. The minimum atomic E-state index is -0.336. The van der Waals surface area contributed by atoms with Crippen LogP contribution >= 0.6 is 0 Å². The van der Waals surface area contributed by atoms with E-state index in [4.69, 9.17) is 14.0 Å². The predicted octanol–water partition coefficient (Wildman–Crippen LogP) is 3.89. The van der Waals surface area contributed by atoms with Gasteiger partial charge in [0.15, 0.2) is 11.5 Å². The van der Waals surface area contributed by atoms with E-state index < -0.39 is 0 Å². The first-order chi connectivity index (χ1) is 12.3. The number of fused-ring (bicyclic) bond motifs is 3. The average molecular weight is 336 g/mol. The molecule has 0 unspecified atom stereocenters. The summed E-state index contributed by atoms with van der Waals surface area (Å²) < 4.78 is 16.5. The van der Waals surface area contributed by atoms with Crippen LogP contribution in [0, 0.1) is 0 Å². The Bertz CT molecular complexity index is 915. The van der Waals surface area contributed by atoms with Crippen LogP contribution < -0.4 is 14.8 Å². The third-order valence-electron chi connectivity index (χ3n) is 3.93. The molecule has 0 radical (unpaired) electrons. The summed E-state index contributed by atoms with van der Waals surface area (Å²) in [6.07, 6.45) is 0. The smallest absolute Gasteiger partial charge is 0.278 e. The Morgan fingerprint density at radius 3 is 2.80 bits per heavy atom. The molecule has 0 fully saturated rings. The first kappa shape index (κ1) is 15.3. The number of amides is 1. The maximum Gasteiger partial charge on any atom is 0.278 e. The maximum atomic E-state index is 12.5. The highest BCUT2D eigenvalue weighted by Crippen LogP contribution is 2.38. The van der Waals surface area contributed by atoms with Crippen molar-refractivity contribution in [2.24, 2.45) is 0 Å². The van der Waals surface area contributed by atoms with Crippen LogP contribution in [0.5, 0.6) is 11.5 Å². The van der Waals surface area contributed by atoms with Crippen LogP contribution in [0.25, 0.3) is 11.3 Å². The van der Waals surface area contributed by atoms with Gasteiger partial charge < -0.3 is 19.3 Å². The fourth-order valence-corrected chi connectivity index (χ4v) is 2.75. The summed E-state index contributed by atoms with van der Waals surface area (Å²) in [5.74, 6) is 1.73. The molecule has 1 aliphatic rings. The van der Waals surface area contributed by atoms with E-state index in [-0.39, 0.29) is 18.2 Å². The van der Waals surface area contributed by atoms with Crippen molar-refractivity contribution >= 4 is 11.6 Å². The molecule has 0 atom stereocenters. The van der Waals surface area contributed by atoms with Crippen molar-refractivity contribution in [1.82, 2.24) is 5.16 Å². The summed E-state index contributed by atoms with van der Waals surface area (Å²) in [7, 11) is 0. The molecule has 25 heavy (non-hydrogen) atoms. The van der Waals surface area contributed by atoms with Crippen LogP contribution in [-0.2, 0) is 6.61 Å². The lowest BCUT2D eigenvalue weighted by molar-refractivity contribution is 0.101. The highest BCUT2D eigenvalue weighted by atomic mass is 16.5. The van der Waals surface area contributed by atoms with Gasteiger partial charge in [0.2, 0.25) is 0 Å². The van der Waals surface area contributed by atoms with Crippen molar-refractivity contribution in [3.8, 4) is 22.8 Å². The number of hydrogen-bond acceptors (Lipinski definition) is 5. The second kappa shape index (κ2) is 6.32. The molecule has 0 bridgehead atoms. The molecule has 3 aromatic rings. The van der Waals surface area contributed by atoms with Crippen molar-refractivity contribution in [2.45, 2.75) is 13.5 Å². The Hall–Kier alpha value is -3.28. The van der Waals surface area contributed by atoms with Gasteiger partial charge in [-0.2, -0.15) is 0 Å². The quantitative estimate of drug-likeness (QED) is 0.782. The standard InChI is InChI=1S/C19H16N2O4/c1-2-23-13-9-7-12(8-10-13)20-19(22)17-15-11-24-16-6-4-3-5-14(16)18(15)25-21-17/h3-10H,2,11H2,1H3,(H,20,22). The maximum absolute atomic E-state index is 12.5. The summed E-state index contributed by atoms with van der Waals surface area (Å²) in [4.78, 5) is 12.5. The number of benzene rings is 2. The Kier molecular flexibility index (Phi) is 3.85. The fraction of sp³-hybridized carbons (Fsp3) is 0.158. The molecule has 1 N–H and O–H groups in total. The molecule has 1 amide bonds. The molecule has 0 aliphatic carbocycles. The van der Waals surface area contributed by atoms with Gasteiger partial charge in [-0.25, -0.2) is 0 Å². The topological polar surface area (TPSA) is 73.6 Å². The SMILES string of the molecule is CCOc1ccc(NC(=O)c2noc3c2COc2ccccc2-3)cc1. The highest BCUT2D eigenvalue weighted by Gasteiger charge is 2.28. The van der Waals surface area contributed by atoms with Crippen LogP contribution in [0.4, 0.5) is 5.69 Å². The second-order valence-corrected chi connectivity index (χ2v) is 5.54. The number of aromatic nitrogens is 1. The number of hydrogen-bond donors (Lipinski definition) is 1. The summed E-state index contributed by atoms with van der Waals surface area (Å²) in [6, 6.07) is 14.7. The minimum Gasteiger partial charge on any atom is -0.494 e. The largest absolute Gasteiger partial charge is 0.494 e. The molecule has 2 heterocycles. The zero-order chi connectivity index (χ0) is 17.2. The normalized spacial score (nSPS) is 11.9. The lowest BCUT2D eigenvalue weighted by atomic mass is 10.0. The molecular weight excluding hydrogens is 320 g/mol. The fourth-order valence-electron chi connectivity index (χ4n) is 2.75. The van der Waals surface area contributed by atoms with Crippen molar-refractivity contribution < 1.29 is 18.8 Å². The van der Waals surface area contributed by atoms with Gasteiger partial charge in [0.1, 0.15) is 18.1 Å². The van der Waals surface area contributed by atoms with Crippen molar-refractivity contribution in [3.63, 3.8) is 0 Å². The zero-order valence-corrected chi connectivity index (χ0v) is 13.6. The van der Waals surface area contributed by atoms with Crippen molar-refractivity contribution in [1.29, 1.82) is 0 Å². The number of nitrogens with one attached hydrogen (secondary N) is 1. The second-order valence-electron chi connectivity index (χ2n) is 5.54. The molecule has 6 nitrogen and oxygen atoms in total. The third kappa shape index (κ3) is 2.82. The van der Waals surface area contributed by atoms with Gasteiger partial charge in [0.05, 0.1) is 17.7 Å². The molecular formula is C19H16N2O4. The number of ether oxygens (including phenoxy) is 2. The Morgan fingerprint density at radius 2 is 2.00 bits per heavy atom. The highest BCUT2D eigenvalue weighted by molar-refractivity contribution is 6.04. The van der Waals surface area contributed by atoms with Gasteiger partial charge in [-0.1, -0.05) is 17.3 Å². The third-order valence-corrected chi connectivity index (χ3v) is 3.93. The molecule has 0 saturated heterocycles. The van der Waals surface area contributed by atoms with Crippen molar-refractivity contribution in [3.05, 3.63) is 59.8 Å². The summed E-state index contributed by atoms with van der Waals surface area (Å²) in [5.41, 5.74) is 2.35. The molecule has 1 aromatic heterocycles. The van der Waals surface area contributed by atoms with Gasteiger partial charge in [-0.3, -0.25) is 4.79 Å². The lowest BCUT2D eigenvalue weighted by Gasteiger charge is -2.15. The molecule has 126 valence electrons. The molecule has 4 rings (SSSR count). The Morgan fingerprint density at radius 1 is 1.20 bits per heavy atom. The minimum absolute atomic E-state index is 0.235. The lowest BCUT2D eigenvalue weighted by Crippen LogP contribution is -2.16. The number of rotatable bonds is 4. The van der Waals surface area contributed by atoms with Gasteiger partial charge >= 0.3 is 0 Å². The van der Waals surface area contributed by atoms with Gasteiger partial charge in [0, 0.05) is 5.69 Å². The van der Waals surface area contributed by atoms with E-state index in [9.17, 15) is 4.79 Å². The van der Waals surface area contributed by atoms with Crippen LogP contribution in [0.1, 0.15) is 23.0 Å². The summed E-state index contributed by atoms with van der Waals surface area (Å²) >= 11 is 0. The molecule has 0 saturated carbocycles. The predicted molar refractivity (Wildman–Crippen MR) is 91.8 cm³/mol. The van der Waals surface area contributed by atoms with E-state index in [1.807, 2.05) is 31.2 Å². The van der Waals surface area contributed by atoms with E-state index in [0.717, 1.165) is 17.1 Å². The number of carbonyl (C=O) groups is 1. The number of nitrogens with zero attached hydrogens (tertiary/aromatic N) is 1. The molecule has 0 spiro atoms. The molecule has 6 heteroatoms. The first-order valence-corrected chi connectivity index (χ1v) is 8.01. The van der Waals surface area contributed by atoms with Gasteiger partial charge in [-0.15, -0.1) is 0 Å². The first-order valence-electron chi connectivity index (χ1n) is 8.01. The van der Waals surface area contributed by atoms with Crippen LogP contribution in [-0.4, -0.2) is 17.7 Å². The molecule has 2 aromatic carbocycles. The number of anilines is 1. The monoisotopic (exact) mass is 336 g/mol. The average Bonchev–Trinajstić information content (AvgIpc) is 3.08. The van der Waals surface area contributed by atoms with Crippen LogP contribution in [0.2, 0.25) is 0 Å². The Balaban J connectivity index is 1.57. The number of para-hydroxylation sites is 1. The van der Waals surface area contributed by atoms with E-state index in [2.05, 4.69) is 10.5 Å². The Labute approximate surface area is 144 Å². The van der Waals surface area contributed by atoms with Crippen LogP contribution in [0.15, 0.2) is 53.1 Å². The zero-order valence-electron chi connectivity index (χ0n) is 13.6. The van der Waals surface area contributed by atoms with E-state index in [1.54, 1.807) is 24.3 Å². The summed E-state index contributed by atoms with van der Waals surface area (Å²) in [5, 5.41) is 6.76. The van der Waals surface area contributed by atoms with Crippen LogP contribution in [0.3, 0.4) is 0 Å². The van der Waals surface area contributed by atoms with E-state index in [1.165, 1.54) is 0 Å². The van der Waals surface area contributed by atoms with Gasteiger partial charge in [-0.05, 0) is 43.3 Å². The van der Waals surface area contributed by atoms with Gasteiger partial charge in [0.25, 0.3) is 5.91 Å².